The summed E-state index contributed by atoms with van der Waals surface area (Å²) in [5.74, 6) is 4.68. The summed E-state index contributed by atoms with van der Waals surface area (Å²) in [6.45, 7) is 7.07. The summed E-state index contributed by atoms with van der Waals surface area (Å²) in [7, 11) is 0. The lowest BCUT2D eigenvalue weighted by atomic mass is 9.84. The van der Waals surface area contributed by atoms with Gasteiger partial charge in [0, 0.05) is 47.6 Å². The van der Waals surface area contributed by atoms with Gasteiger partial charge in [0.05, 0.1) is 18.6 Å². The van der Waals surface area contributed by atoms with E-state index in [-0.39, 0.29) is 12.1 Å². The van der Waals surface area contributed by atoms with E-state index in [1.165, 1.54) is 11.6 Å². The third-order valence-electron chi connectivity index (χ3n) is 6.79. The Labute approximate surface area is 208 Å². The van der Waals surface area contributed by atoms with Crippen molar-refractivity contribution < 1.29 is 13.9 Å². The second kappa shape index (κ2) is 10.1. The van der Waals surface area contributed by atoms with Gasteiger partial charge in [0.1, 0.15) is 22.2 Å². The van der Waals surface area contributed by atoms with E-state index < -0.39 is 23.3 Å². The van der Waals surface area contributed by atoms with Crippen molar-refractivity contribution in [2.75, 3.05) is 13.1 Å². The number of nitrogens with one attached hydrogen (secondary N) is 1. The number of aromatic nitrogens is 1. The van der Waals surface area contributed by atoms with Gasteiger partial charge in [-0.15, -0.1) is 11.3 Å². The number of rotatable bonds is 8. The van der Waals surface area contributed by atoms with Crippen LogP contribution in [-0.4, -0.2) is 45.5 Å². The highest BCUT2D eigenvalue weighted by molar-refractivity contribution is 7.15. The first kappa shape index (κ1) is 25.4. The van der Waals surface area contributed by atoms with Gasteiger partial charge in [0.25, 0.3) is 0 Å². The van der Waals surface area contributed by atoms with Crippen molar-refractivity contribution in [3.8, 4) is 10.6 Å². The summed E-state index contributed by atoms with van der Waals surface area (Å²) in [5.41, 5.74) is 1.56. The fraction of sp³-hybridized carbons (Fsp3) is 0.385. The average Bonchev–Trinajstić information content (AvgIpc) is 3.27. The van der Waals surface area contributed by atoms with Gasteiger partial charge < -0.3 is 5.11 Å². The Morgan fingerprint density at radius 2 is 2.03 bits per heavy atom. The summed E-state index contributed by atoms with van der Waals surface area (Å²) in [6.07, 6.45) is 1.56. The molecule has 0 aliphatic carbocycles. The Morgan fingerprint density at radius 3 is 2.71 bits per heavy atom. The highest BCUT2D eigenvalue weighted by atomic mass is 32.1. The van der Waals surface area contributed by atoms with Gasteiger partial charge in [-0.1, -0.05) is 38.1 Å². The fourth-order valence-corrected chi connectivity index (χ4v) is 5.74. The molecule has 0 radical (unpaired) electrons. The normalized spacial score (nSPS) is 16.6. The van der Waals surface area contributed by atoms with Gasteiger partial charge in [-0.05, 0) is 30.5 Å². The maximum Gasteiger partial charge on any atom is 0.132 e. The van der Waals surface area contributed by atoms with Crippen molar-refractivity contribution >= 4 is 17.7 Å². The van der Waals surface area contributed by atoms with Crippen LogP contribution in [0.2, 0.25) is 0 Å². The molecule has 9 heteroatoms. The van der Waals surface area contributed by atoms with Crippen LogP contribution >= 0.6 is 11.3 Å². The Balaban J connectivity index is 1.63. The lowest BCUT2D eigenvalue weighted by Crippen LogP contribution is -2.56. The zero-order valence-electron chi connectivity index (χ0n) is 20.1. The summed E-state index contributed by atoms with van der Waals surface area (Å²) in [5, 5.41) is 21.1. The summed E-state index contributed by atoms with van der Waals surface area (Å²) < 4.78 is 28.4. The molecule has 2 heterocycles. The number of nitrogens with two attached hydrogens (primary N) is 1. The number of hydrogen-bond acceptors (Lipinski definition) is 6. The molecule has 2 atom stereocenters. The summed E-state index contributed by atoms with van der Waals surface area (Å²) in [4.78, 5) is 8.06. The number of nitrogens with zero attached hydrogens (tertiary/aromatic N) is 3. The number of hydrogen-bond donors (Lipinski definition) is 3. The van der Waals surface area contributed by atoms with Crippen LogP contribution in [0.25, 0.3) is 10.6 Å². The average molecular weight is 500 g/mol. The third-order valence-corrected chi connectivity index (χ3v) is 7.92. The molecule has 0 saturated carbocycles. The maximum atomic E-state index is 14.8. The van der Waals surface area contributed by atoms with Crippen LogP contribution in [0.4, 0.5) is 8.78 Å². The molecule has 2 unspecified atom stereocenters. The van der Waals surface area contributed by atoms with Gasteiger partial charge >= 0.3 is 0 Å². The molecular weight excluding hydrogens is 468 g/mol. The molecule has 2 aromatic carbocycles. The quantitative estimate of drug-likeness (QED) is 0.182. The van der Waals surface area contributed by atoms with E-state index in [0.29, 0.717) is 25.4 Å². The van der Waals surface area contributed by atoms with E-state index in [1.54, 1.807) is 18.3 Å². The van der Waals surface area contributed by atoms with Crippen molar-refractivity contribution in [2.24, 2.45) is 5.84 Å². The predicted octanol–water partition coefficient (Wildman–Crippen LogP) is 4.63. The van der Waals surface area contributed by atoms with Crippen LogP contribution in [0, 0.1) is 17.0 Å². The second-order valence-corrected chi connectivity index (χ2v) is 10.5. The predicted molar refractivity (Wildman–Crippen MR) is 135 cm³/mol. The molecule has 4 rings (SSSR count). The van der Waals surface area contributed by atoms with Crippen LogP contribution in [-0.2, 0) is 18.6 Å². The van der Waals surface area contributed by atoms with Crippen molar-refractivity contribution in [3.63, 3.8) is 0 Å². The monoisotopic (exact) mass is 499 g/mol. The largest absolute Gasteiger partial charge is 0.381 e. The Morgan fingerprint density at radius 1 is 1.26 bits per heavy atom. The first-order valence-electron chi connectivity index (χ1n) is 11.6. The first-order valence-corrected chi connectivity index (χ1v) is 12.5. The SMILES string of the molecule is CC(C)c1cccc(-c2nc3c(s2)CN(C(C)C(O)(CN(N)C=N)c2ccc(F)cc2F)CC3)c1. The zero-order chi connectivity index (χ0) is 25.3. The maximum absolute atomic E-state index is 14.8. The number of fused-ring (bicyclic) bond motifs is 1. The van der Waals surface area contributed by atoms with E-state index in [2.05, 4.69) is 43.0 Å². The molecule has 1 aliphatic rings. The Kier molecular flexibility index (Phi) is 7.32. The highest BCUT2D eigenvalue weighted by Crippen LogP contribution is 2.37. The third kappa shape index (κ3) is 5.13. The molecule has 6 nitrogen and oxygen atoms in total. The van der Waals surface area contributed by atoms with E-state index in [1.807, 2.05) is 0 Å². The summed E-state index contributed by atoms with van der Waals surface area (Å²) in [6, 6.07) is 11.0. The van der Waals surface area contributed by atoms with E-state index in [4.69, 9.17) is 16.2 Å². The van der Waals surface area contributed by atoms with Crippen molar-refractivity contribution in [2.45, 2.75) is 51.3 Å². The molecule has 1 aromatic heterocycles. The van der Waals surface area contributed by atoms with Crippen molar-refractivity contribution in [1.29, 1.82) is 5.41 Å². The van der Waals surface area contributed by atoms with Crippen LogP contribution in [0.15, 0.2) is 42.5 Å². The number of halogens is 2. The molecule has 35 heavy (non-hydrogen) atoms. The van der Waals surface area contributed by atoms with Crippen LogP contribution in [0.3, 0.4) is 0 Å². The topological polar surface area (TPSA) is 89.5 Å². The van der Waals surface area contributed by atoms with E-state index in [0.717, 1.165) is 44.6 Å². The minimum Gasteiger partial charge on any atom is -0.381 e. The molecule has 3 aromatic rings. The Bertz CT molecular complexity index is 1220. The van der Waals surface area contributed by atoms with Gasteiger partial charge in [0.15, 0.2) is 0 Å². The minimum atomic E-state index is -1.78. The first-order chi connectivity index (χ1) is 16.6. The van der Waals surface area contributed by atoms with Crippen LogP contribution < -0.4 is 5.84 Å². The van der Waals surface area contributed by atoms with Gasteiger partial charge in [0.2, 0.25) is 0 Å². The van der Waals surface area contributed by atoms with E-state index >= 15 is 0 Å². The lowest BCUT2D eigenvalue weighted by molar-refractivity contribution is -0.0645. The van der Waals surface area contributed by atoms with Crippen LogP contribution in [0.1, 0.15) is 48.4 Å². The molecule has 0 spiro atoms. The Hall–Kier alpha value is -2.72. The van der Waals surface area contributed by atoms with E-state index in [9.17, 15) is 13.9 Å². The molecule has 0 amide bonds. The van der Waals surface area contributed by atoms with Gasteiger partial charge in [-0.2, -0.15) is 0 Å². The number of benzene rings is 2. The van der Waals surface area contributed by atoms with Gasteiger partial charge in [-0.3, -0.25) is 15.3 Å². The zero-order valence-corrected chi connectivity index (χ0v) is 20.9. The van der Waals surface area contributed by atoms with Gasteiger partial charge in [-0.25, -0.2) is 19.6 Å². The highest BCUT2D eigenvalue weighted by Gasteiger charge is 2.43. The van der Waals surface area contributed by atoms with Crippen molar-refractivity contribution in [1.82, 2.24) is 14.9 Å². The lowest BCUT2D eigenvalue weighted by Gasteiger charge is -2.43. The minimum absolute atomic E-state index is 0.0509. The number of aliphatic hydroxyl groups is 1. The molecule has 186 valence electrons. The molecular formula is C26H31F2N5OS. The fourth-order valence-electron chi connectivity index (χ4n) is 4.61. The standard InChI is InChI=1S/C26H31F2N5OS/c1-16(2)18-5-4-6-19(11-18)25-31-23-9-10-32(13-24(23)35-25)17(3)26(34,14-33(30)15-29)21-8-7-20(27)12-22(21)28/h4-8,11-12,15-17,29,34H,9-10,13-14,30H2,1-3H3. The number of thiazole rings is 1. The molecule has 0 saturated heterocycles. The number of hydrazine groups is 1. The molecule has 0 bridgehead atoms. The molecule has 0 fully saturated rings. The summed E-state index contributed by atoms with van der Waals surface area (Å²) >= 11 is 1.63. The molecule has 1 aliphatic heterocycles. The molecule has 4 N–H and O–H groups in total. The second-order valence-electron chi connectivity index (χ2n) is 9.42. The van der Waals surface area contributed by atoms with Crippen molar-refractivity contribution in [3.05, 3.63) is 75.8 Å². The smallest absolute Gasteiger partial charge is 0.132 e. The van der Waals surface area contributed by atoms with Crippen LogP contribution in [0.5, 0.6) is 0 Å².